The molecule has 4 heteroatoms. The smallest absolute Gasteiger partial charge is 0.553 e. The molecule has 1 aliphatic heterocycles. The van der Waals surface area contributed by atoms with Crippen molar-refractivity contribution in [3.8, 4) is 39.3 Å². The first-order valence-electron chi connectivity index (χ1n) is 10.3. The van der Waals surface area contributed by atoms with Crippen LogP contribution in [0.3, 0.4) is 0 Å². The maximum atomic E-state index is 5.75. The summed E-state index contributed by atoms with van der Waals surface area (Å²) in [5.41, 5.74) is 7.05. The minimum absolute atomic E-state index is 0. The van der Waals surface area contributed by atoms with Crippen LogP contribution in [-0.2, 0) is 59.4 Å². The Hall–Kier alpha value is -2.42. The van der Waals surface area contributed by atoms with Gasteiger partial charge in [-0.3, -0.25) is 0 Å². The Morgan fingerprint density at radius 1 is 0.676 bits per heavy atom. The van der Waals surface area contributed by atoms with Crippen LogP contribution in [0, 0.1) is 30.3 Å². The first-order chi connectivity index (χ1) is 15.9. The van der Waals surface area contributed by atoms with Crippen LogP contribution in [0.15, 0.2) is 97.2 Å². The Morgan fingerprint density at radius 2 is 1.41 bits per heavy atom. The van der Waals surface area contributed by atoms with Crippen LogP contribution in [-0.4, -0.2) is 4.98 Å². The molecular formula is C30H18IrNOY-2. The molecule has 6 rings (SSSR count). The van der Waals surface area contributed by atoms with Crippen molar-refractivity contribution in [1.82, 2.24) is 4.98 Å². The van der Waals surface area contributed by atoms with E-state index in [0.29, 0.717) is 6.61 Å². The maximum Gasteiger partial charge on any atom is 3.00 e. The van der Waals surface area contributed by atoms with Crippen LogP contribution >= 0.6 is 0 Å². The molecule has 163 valence electrons. The number of pyridine rings is 1. The summed E-state index contributed by atoms with van der Waals surface area (Å²) in [5, 5.41) is 0. The minimum Gasteiger partial charge on any atom is -0.553 e. The van der Waals surface area contributed by atoms with Gasteiger partial charge in [-0.25, -0.2) is 34.9 Å². The van der Waals surface area contributed by atoms with E-state index in [9.17, 15) is 0 Å². The second-order valence-electron chi connectivity index (χ2n) is 7.15. The standard InChI is InChI=1S/C19H10O.C11H8N.Ir.Y/c1-2-6-14(7-3-1)15-10-11-17-16(12-15)13-20-19-9-5-4-8-18(17)19;1-2-6-10(7-3-1)11-8-4-5-9-12-11;;/h1-6,9-10H,13H2;1-6,8-9H;;/q-4;-1;+3;. The van der Waals surface area contributed by atoms with Crippen molar-refractivity contribution in [1.29, 1.82) is 0 Å². The van der Waals surface area contributed by atoms with Crippen molar-refractivity contribution < 1.29 is 57.6 Å². The zero-order valence-electron chi connectivity index (χ0n) is 18.2. The summed E-state index contributed by atoms with van der Waals surface area (Å²) in [4.78, 5) is 4.22. The number of nitrogens with zero attached hydrogens (tertiary/aromatic N) is 1. The Labute approximate surface area is 239 Å². The summed E-state index contributed by atoms with van der Waals surface area (Å²) in [5.74, 6) is 0.865. The van der Waals surface area contributed by atoms with Crippen LogP contribution in [0.1, 0.15) is 5.56 Å². The van der Waals surface area contributed by atoms with Gasteiger partial charge >= 0.3 is 20.1 Å². The summed E-state index contributed by atoms with van der Waals surface area (Å²) in [7, 11) is 0. The zero-order valence-corrected chi connectivity index (χ0v) is 23.4. The first-order valence-corrected chi connectivity index (χ1v) is 10.3. The molecule has 0 N–H and O–H groups in total. The van der Waals surface area contributed by atoms with E-state index >= 15 is 0 Å². The van der Waals surface area contributed by atoms with Gasteiger partial charge in [-0.15, -0.1) is 54.1 Å². The maximum absolute atomic E-state index is 5.75. The number of hydrogen-bond acceptors (Lipinski definition) is 2. The van der Waals surface area contributed by atoms with E-state index in [-0.39, 0.29) is 52.8 Å². The molecule has 1 radical (unpaired) electrons. The molecule has 0 spiro atoms. The largest absolute Gasteiger partial charge is 3.00 e. The molecule has 2 heterocycles. The van der Waals surface area contributed by atoms with Gasteiger partial charge in [0.25, 0.3) is 0 Å². The van der Waals surface area contributed by atoms with Gasteiger partial charge in [-0.1, -0.05) is 12.1 Å². The number of benzene rings is 4. The number of aromatic nitrogens is 1. The van der Waals surface area contributed by atoms with Crippen molar-refractivity contribution >= 4 is 0 Å². The third-order valence-electron chi connectivity index (χ3n) is 5.04. The quantitative estimate of drug-likeness (QED) is 0.194. The van der Waals surface area contributed by atoms with Gasteiger partial charge < -0.3 is 9.72 Å². The van der Waals surface area contributed by atoms with Gasteiger partial charge in [0, 0.05) is 45.5 Å². The van der Waals surface area contributed by atoms with Crippen molar-refractivity contribution in [2.24, 2.45) is 0 Å². The van der Waals surface area contributed by atoms with Crippen molar-refractivity contribution in [2.75, 3.05) is 0 Å². The zero-order chi connectivity index (χ0) is 21.6. The first kappa shape index (κ1) is 26.2. The molecule has 1 aliphatic rings. The number of hydrogen-bond donors (Lipinski definition) is 0. The average Bonchev–Trinajstić information content (AvgIpc) is 2.90. The van der Waals surface area contributed by atoms with E-state index in [1.807, 2.05) is 91.0 Å². The second kappa shape index (κ2) is 12.9. The third-order valence-corrected chi connectivity index (χ3v) is 5.04. The Bertz CT molecular complexity index is 1270. The van der Waals surface area contributed by atoms with E-state index in [0.717, 1.165) is 44.8 Å². The Kier molecular flexibility index (Phi) is 9.92. The van der Waals surface area contributed by atoms with Crippen molar-refractivity contribution in [3.63, 3.8) is 0 Å². The molecule has 0 aliphatic carbocycles. The molecule has 0 atom stereocenters. The average molecular weight is 690 g/mol. The molecule has 0 fully saturated rings. The normalized spacial score (nSPS) is 10.6. The van der Waals surface area contributed by atoms with Crippen LogP contribution in [0.5, 0.6) is 5.75 Å². The molecule has 0 saturated heterocycles. The summed E-state index contributed by atoms with van der Waals surface area (Å²) in [6.07, 6.45) is 1.79. The van der Waals surface area contributed by atoms with Crippen LogP contribution in [0.25, 0.3) is 33.5 Å². The van der Waals surface area contributed by atoms with Gasteiger partial charge in [0.05, 0.1) is 0 Å². The van der Waals surface area contributed by atoms with Gasteiger partial charge in [-0.2, -0.15) is 47.5 Å². The molecule has 0 amide bonds. The predicted octanol–water partition coefficient (Wildman–Crippen LogP) is 6.66. The van der Waals surface area contributed by atoms with Crippen molar-refractivity contribution in [3.05, 3.63) is 133 Å². The second-order valence-corrected chi connectivity index (χ2v) is 7.15. The monoisotopic (exact) mass is 690 g/mol. The van der Waals surface area contributed by atoms with Gasteiger partial charge in [0.15, 0.2) is 0 Å². The van der Waals surface area contributed by atoms with Crippen LogP contribution in [0.2, 0.25) is 0 Å². The van der Waals surface area contributed by atoms with E-state index < -0.39 is 0 Å². The molecule has 0 unspecified atom stereocenters. The predicted molar refractivity (Wildman–Crippen MR) is 125 cm³/mol. The SMILES string of the molecule is [Ir+3].[Y].[c-]1ccccc1-c1[c-]c2c([c-]c1)-c1[c-]cccc1OC2.[c-]1ccccc1-c1ccccn1. The van der Waals surface area contributed by atoms with Crippen LogP contribution < -0.4 is 4.74 Å². The topological polar surface area (TPSA) is 22.1 Å². The number of rotatable bonds is 2. The Morgan fingerprint density at radius 3 is 2.12 bits per heavy atom. The molecule has 4 aromatic carbocycles. The molecular weight excluding hydrogens is 671 g/mol. The fraction of sp³-hybridized carbons (Fsp3) is 0.0333. The summed E-state index contributed by atoms with van der Waals surface area (Å²) >= 11 is 0. The summed E-state index contributed by atoms with van der Waals surface area (Å²) in [6, 6.07) is 45.6. The van der Waals surface area contributed by atoms with E-state index in [4.69, 9.17) is 4.74 Å². The molecule has 34 heavy (non-hydrogen) atoms. The number of ether oxygens (including phenoxy) is 1. The van der Waals surface area contributed by atoms with Gasteiger partial charge in [-0.05, 0) is 17.5 Å². The molecule has 5 aromatic rings. The summed E-state index contributed by atoms with van der Waals surface area (Å²) < 4.78 is 5.75. The summed E-state index contributed by atoms with van der Waals surface area (Å²) in [6.45, 7) is 0.525. The molecule has 1 aromatic heterocycles. The molecule has 0 bridgehead atoms. The van der Waals surface area contributed by atoms with Crippen LogP contribution in [0.4, 0.5) is 0 Å². The molecule has 0 saturated carbocycles. The third kappa shape index (κ3) is 6.17. The fourth-order valence-corrected chi connectivity index (χ4v) is 3.49. The van der Waals surface area contributed by atoms with Gasteiger partial charge in [0.1, 0.15) is 0 Å². The number of fused-ring (bicyclic) bond motifs is 3. The Balaban J connectivity index is 0.000000201. The molecule has 2 nitrogen and oxygen atoms in total. The van der Waals surface area contributed by atoms with E-state index in [1.54, 1.807) is 6.20 Å². The van der Waals surface area contributed by atoms with Crippen molar-refractivity contribution in [2.45, 2.75) is 6.61 Å². The fourth-order valence-electron chi connectivity index (χ4n) is 3.49. The van der Waals surface area contributed by atoms with E-state index in [2.05, 4.69) is 35.3 Å². The van der Waals surface area contributed by atoms with Gasteiger partial charge in [0.2, 0.25) is 0 Å². The minimum atomic E-state index is 0. The van der Waals surface area contributed by atoms with E-state index in [1.165, 1.54) is 0 Å².